The zero-order valence-corrected chi connectivity index (χ0v) is 12.1. The Balaban J connectivity index is 1.64. The molecule has 0 bridgehead atoms. The summed E-state index contributed by atoms with van der Waals surface area (Å²) in [5.41, 5.74) is 0.963. The fourth-order valence-electron chi connectivity index (χ4n) is 3.30. The van der Waals surface area contributed by atoms with Gasteiger partial charge in [0, 0.05) is 38.3 Å². The number of anilines is 1. The van der Waals surface area contributed by atoms with Crippen molar-refractivity contribution in [3.05, 3.63) is 34.4 Å². The van der Waals surface area contributed by atoms with E-state index in [1.807, 2.05) is 12.1 Å². The highest BCUT2D eigenvalue weighted by Crippen LogP contribution is 2.30. The van der Waals surface area contributed by atoms with Crippen molar-refractivity contribution in [1.82, 2.24) is 4.90 Å². The van der Waals surface area contributed by atoms with Gasteiger partial charge in [-0.3, -0.25) is 15.0 Å². The Morgan fingerprint density at radius 2 is 1.76 bits per heavy atom. The molecule has 0 N–H and O–H groups in total. The van der Waals surface area contributed by atoms with E-state index >= 15 is 0 Å². The van der Waals surface area contributed by atoms with Crippen molar-refractivity contribution in [3.8, 4) is 0 Å². The number of piperidine rings is 1. The second-order valence-electron chi connectivity index (χ2n) is 5.61. The maximum atomic E-state index is 11.1. The number of nitrogens with zero attached hydrogens (tertiary/aromatic N) is 3. The number of rotatable bonds is 3. The highest BCUT2D eigenvalue weighted by atomic mass is 16.6. The quantitative estimate of drug-likeness (QED) is 0.629. The molecule has 0 aromatic heterocycles. The molecule has 2 fully saturated rings. The predicted octanol–water partition coefficient (Wildman–Crippen LogP) is 1.90. The largest absolute Gasteiger partial charge is 0.379 e. The van der Waals surface area contributed by atoms with Gasteiger partial charge >= 0.3 is 0 Å². The van der Waals surface area contributed by atoms with E-state index < -0.39 is 0 Å². The third kappa shape index (κ3) is 3.16. The summed E-state index contributed by atoms with van der Waals surface area (Å²) < 4.78 is 5.40. The van der Waals surface area contributed by atoms with Gasteiger partial charge in [-0.25, -0.2) is 0 Å². The van der Waals surface area contributed by atoms with Gasteiger partial charge in [-0.1, -0.05) is 12.1 Å². The van der Waals surface area contributed by atoms with Crippen LogP contribution in [0.4, 0.5) is 11.4 Å². The number of hydrogen-bond acceptors (Lipinski definition) is 5. The van der Waals surface area contributed by atoms with Gasteiger partial charge in [-0.05, 0) is 18.9 Å². The molecule has 6 nitrogen and oxygen atoms in total. The van der Waals surface area contributed by atoms with E-state index in [-0.39, 0.29) is 10.6 Å². The first-order valence-electron chi connectivity index (χ1n) is 7.56. The summed E-state index contributed by atoms with van der Waals surface area (Å²) >= 11 is 0. The average molecular weight is 291 g/mol. The highest BCUT2D eigenvalue weighted by molar-refractivity contribution is 5.63. The lowest BCUT2D eigenvalue weighted by Crippen LogP contribution is -2.49. The van der Waals surface area contributed by atoms with Crippen LogP contribution in [0.5, 0.6) is 0 Å². The molecule has 2 heterocycles. The van der Waals surface area contributed by atoms with Gasteiger partial charge in [0.1, 0.15) is 5.69 Å². The summed E-state index contributed by atoms with van der Waals surface area (Å²) in [7, 11) is 0. The van der Waals surface area contributed by atoms with Crippen LogP contribution in [-0.4, -0.2) is 55.3 Å². The summed E-state index contributed by atoms with van der Waals surface area (Å²) in [5.74, 6) is 0. The van der Waals surface area contributed by atoms with Crippen molar-refractivity contribution in [1.29, 1.82) is 0 Å². The summed E-state index contributed by atoms with van der Waals surface area (Å²) in [4.78, 5) is 15.5. The first-order chi connectivity index (χ1) is 10.3. The van der Waals surface area contributed by atoms with Gasteiger partial charge in [0.15, 0.2) is 0 Å². The van der Waals surface area contributed by atoms with Crippen LogP contribution in [0, 0.1) is 10.1 Å². The molecule has 0 aliphatic carbocycles. The van der Waals surface area contributed by atoms with E-state index in [9.17, 15) is 10.1 Å². The molecule has 0 amide bonds. The second-order valence-corrected chi connectivity index (χ2v) is 5.61. The third-order valence-corrected chi connectivity index (χ3v) is 4.45. The molecule has 0 spiro atoms. The molecule has 0 saturated carbocycles. The van der Waals surface area contributed by atoms with E-state index in [4.69, 9.17) is 4.74 Å². The van der Waals surface area contributed by atoms with Crippen molar-refractivity contribution in [2.75, 3.05) is 44.3 Å². The molecule has 0 atom stereocenters. The van der Waals surface area contributed by atoms with Crippen molar-refractivity contribution in [2.45, 2.75) is 18.9 Å². The summed E-state index contributed by atoms with van der Waals surface area (Å²) in [6.45, 7) is 5.43. The van der Waals surface area contributed by atoms with Crippen LogP contribution in [-0.2, 0) is 4.74 Å². The van der Waals surface area contributed by atoms with Gasteiger partial charge in [0.05, 0.1) is 18.1 Å². The van der Waals surface area contributed by atoms with Crippen LogP contribution in [0.25, 0.3) is 0 Å². The number of hydrogen-bond donors (Lipinski definition) is 0. The number of benzene rings is 1. The molecule has 114 valence electrons. The van der Waals surface area contributed by atoms with Crippen LogP contribution < -0.4 is 4.90 Å². The zero-order valence-electron chi connectivity index (χ0n) is 12.1. The van der Waals surface area contributed by atoms with Crippen LogP contribution in [0.15, 0.2) is 24.3 Å². The first-order valence-corrected chi connectivity index (χ1v) is 7.56. The van der Waals surface area contributed by atoms with Crippen molar-refractivity contribution in [3.63, 3.8) is 0 Å². The molecular formula is C15H21N3O3. The number of nitro groups is 1. The van der Waals surface area contributed by atoms with E-state index in [1.54, 1.807) is 12.1 Å². The fraction of sp³-hybridized carbons (Fsp3) is 0.600. The van der Waals surface area contributed by atoms with Gasteiger partial charge in [-0.2, -0.15) is 0 Å². The normalized spacial score (nSPS) is 21.4. The maximum Gasteiger partial charge on any atom is 0.292 e. The maximum absolute atomic E-state index is 11.1. The Kier molecular flexibility index (Phi) is 4.36. The smallest absolute Gasteiger partial charge is 0.292 e. The van der Waals surface area contributed by atoms with E-state index in [0.29, 0.717) is 6.04 Å². The Morgan fingerprint density at radius 3 is 2.43 bits per heavy atom. The van der Waals surface area contributed by atoms with Gasteiger partial charge in [0.25, 0.3) is 5.69 Å². The Hall–Kier alpha value is -1.66. The SMILES string of the molecule is O=[N+]([O-])c1ccccc1N1CCC(N2CCOCC2)CC1. The average Bonchev–Trinajstić information content (AvgIpc) is 2.56. The molecule has 1 aromatic rings. The van der Waals surface area contributed by atoms with E-state index in [2.05, 4.69) is 9.80 Å². The lowest BCUT2D eigenvalue weighted by molar-refractivity contribution is -0.384. The summed E-state index contributed by atoms with van der Waals surface area (Å²) in [6.07, 6.45) is 2.12. The summed E-state index contributed by atoms with van der Waals surface area (Å²) in [6, 6.07) is 7.63. The van der Waals surface area contributed by atoms with Crippen LogP contribution in [0.3, 0.4) is 0 Å². The number of para-hydroxylation sites is 2. The monoisotopic (exact) mass is 291 g/mol. The Labute approximate surface area is 124 Å². The minimum absolute atomic E-state index is 0.210. The molecular weight excluding hydrogens is 270 g/mol. The van der Waals surface area contributed by atoms with Crippen LogP contribution in [0.1, 0.15) is 12.8 Å². The van der Waals surface area contributed by atoms with Crippen molar-refractivity contribution < 1.29 is 9.66 Å². The van der Waals surface area contributed by atoms with Crippen molar-refractivity contribution >= 4 is 11.4 Å². The number of nitro benzene ring substituents is 1. The fourth-order valence-corrected chi connectivity index (χ4v) is 3.30. The van der Waals surface area contributed by atoms with Crippen molar-refractivity contribution in [2.24, 2.45) is 0 Å². The first kappa shape index (κ1) is 14.3. The molecule has 3 rings (SSSR count). The molecule has 0 unspecified atom stereocenters. The zero-order chi connectivity index (χ0) is 14.7. The molecule has 0 radical (unpaired) electrons. The molecule has 1 aromatic carbocycles. The van der Waals surface area contributed by atoms with Crippen LogP contribution >= 0.6 is 0 Å². The third-order valence-electron chi connectivity index (χ3n) is 4.45. The lowest BCUT2D eigenvalue weighted by atomic mass is 10.0. The minimum atomic E-state index is -0.288. The minimum Gasteiger partial charge on any atom is -0.379 e. The molecule has 2 saturated heterocycles. The molecule has 6 heteroatoms. The standard InChI is InChI=1S/C15H21N3O3/c19-18(20)15-4-2-1-3-14(15)17-7-5-13(6-8-17)16-9-11-21-12-10-16/h1-4,13H,5-12H2. The number of ether oxygens (including phenoxy) is 1. The second kappa shape index (κ2) is 6.41. The van der Waals surface area contributed by atoms with Gasteiger partial charge in [0.2, 0.25) is 0 Å². The predicted molar refractivity (Wildman–Crippen MR) is 80.7 cm³/mol. The lowest BCUT2D eigenvalue weighted by Gasteiger charge is -2.40. The Bertz CT molecular complexity index is 495. The van der Waals surface area contributed by atoms with Gasteiger partial charge in [-0.15, -0.1) is 0 Å². The van der Waals surface area contributed by atoms with Gasteiger partial charge < -0.3 is 9.64 Å². The topological polar surface area (TPSA) is 58.9 Å². The van der Waals surface area contributed by atoms with Crippen LogP contribution in [0.2, 0.25) is 0 Å². The molecule has 2 aliphatic heterocycles. The Morgan fingerprint density at radius 1 is 1.10 bits per heavy atom. The summed E-state index contributed by atoms with van der Waals surface area (Å²) in [5, 5.41) is 11.1. The highest BCUT2D eigenvalue weighted by Gasteiger charge is 2.28. The number of morpholine rings is 1. The molecule has 2 aliphatic rings. The molecule has 21 heavy (non-hydrogen) atoms. The van der Waals surface area contributed by atoms with E-state index in [1.165, 1.54) is 0 Å². The van der Waals surface area contributed by atoms with E-state index in [0.717, 1.165) is 57.9 Å².